The number of carbonyl (C=O) groups excluding carboxylic acids is 1. The molecule has 1 aromatic carbocycles. The van der Waals surface area contributed by atoms with Gasteiger partial charge in [0, 0.05) is 7.05 Å². The summed E-state index contributed by atoms with van der Waals surface area (Å²) >= 11 is 0. The van der Waals surface area contributed by atoms with Crippen molar-refractivity contribution in [3.63, 3.8) is 0 Å². The maximum absolute atomic E-state index is 12.8. The van der Waals surface area contributed by atoms with Gasteiger partial charge in [-0.05, 0) is 24.6 Å². The predicted octanol–water partition coefficient (Wildman–Crippen LogP) is 1.82. The number of hydrogen-bond acceptors (Lipinski definition) is 1. The molecule has 0 aromatic heterocycles. The molecule has 2 amide bonds. The van der Waals surface area contributed by atoms with Crippen LogP contribution in [0.15, 0.2) is 24.3 Å². The van der Waals surface area contributed by atoms with Crippen LogP contribution in [0.5, 0.6) is 0 Å². The molecular formula is C10H13FN2O. The Morgan fingerprint density at radius 3 is 2.79 bits per heavy atom. The van der Waals surface area contributed by atoms with Crippen LogP contribution in [0.4, 0.5) is 9.18 Å². The molecule has 14 heavy (non-hydrogen) atoms. The Labute approximate surface area is 82.3 Å². The summed E-state index contributed by atoms with van der Waals surface area (Å²) in [5, 5.41) is 5.09. The Hall–Kier alpha value is -1.58. The summed E-state index contributed by atoms with van der Waals surface area (Å²) in [6.45, 7) is 1.80. The molecule has 2 N–H and O–H groups in total. The highest BCUT2D eigenvalue weighted by atomic mass is 19.1. The normalized spacial score (nSPS) is 11.9. The average Bonchev–Trinajstić information content (AvgIpc) is 2.17. The van der Waals surface area contributed by atoms with Gasteiger partial charge in [0.25, 0.3) is 0 Å². The lowest BCUT2D eigenvalue weighted by Gasteiger charge is -2.13. The van der Waals surface area contributed by atoms with Crippen LogP contribution >= 0.6 is 0 Å². The Kier molecular flexibility index (Phi) is 3.45. The van der Waals surface area contributed by atoms with E-state index >= 15 is 0 Å². The van der Waals surface area contributed by atoms with Crippen LogP contribution in [-0.2, 0) is 0 Å². The minimum atomic E-state index is -0.298. The van der Waals surface area contributed by atoms with Crippen molar-refractivity contribution in [1.82, 2.24) is 10.6 Å². The quantitative estimate of drug-likeness (QED) is 0.744. The third-order valence-corrected chi connectivity index (χ3v) is 1.92. The van der Waals surface area contributed by atoms with Gasteiger partial charge in [-0.25, -0.2) is 9.18 Å². The number of urea groups is 1. The summed E-state index contributed by atoms with van der Waals surface area (Å²) in [5.74, 6) is -0.298. The van der Waals surface area contributed by atoms with Crippen molar-refractivity contribution in [2.75, 3.05) is 7.05 Å². The maximum atomic E-state index is 12.8. The van der Waals surface area contributed by atoms with Crippen LogP contribution in [0.3, 0.4) is 0 Å². The molecule has 0 fully saturated rings. The predicted molar refractivity (Wildman–Crippen MR) is 52.4 cm³/mol. The largest absolute Gasteiger partial charge is 0.341 e. The van der Waals surface area contributed by atoms with Crippen molar-refractivity contribution in [2.24, 2.45) is 0 Å². The Morgan fingerprint density at radius 2 is 2.21 bits per heavy atom. The number of halogens is 1. The van der Waals surface area contributed by atoms with E-state index < -0.39 is 0 Å². The second-order valence-corrected chi connectivity index (χ2v) is 3.00. The lowest BCUT2D eigenvalue weighted by molar-refractivity contribution is 0.240. The van der Waals surface area contributed by atoms with Gasteiger partial charge in [0.2, 0.25) is 0 Å². The van der Waals surface area contributed by atoms with Crippen LogP contribution < -0.4 is 10.6 Å². The highest BCUT2D eigenvalue weighted by molar-refractivity contribution is 5.73. The van der Waals surface area contributed by atoms with E-state index in [0.29, 0.717) is 0 Å². The molecular weight excluding hydrogens is 183 g/mol. The molecule has 1 unspecified atom stereocenters. The fourth-order valence-electron chi connectivity index (χ4n) is 1.13. The molecule has 0 saturated carbocycles. The van der Waals surface area contributed by atoms with E-state index in [1.165, 1.54) is 19.2 Å². The fourth-order valence-corrected chi connectivity index (χ4v) is 1.13. The van der Waals surface area contributed by atoms with Crippen molar-refractivity contribution < 1.29 is 9.18 Å². The summed E-state index contributed by atoms with van der Waals surface area (Å²) in [4.78, 5) is 11.0. The molecule has 0 bridgehead atoms. The van der Waals surface area contributed by atoms with Crippen molar-refractivity contribution >= 4 is 6.03 Å². The van der Waals surface area contributed by atoms with Crippen molar-refractivity contribution in [2.45, 2.75) is 13.0 Å². The van der Waals surface area contributed by atoms with E-state index in [4.69, 9.17) is 0 Å². The second-order valence-electron chi connectivity index (χ2n) is 3.00. The fraction of sp³-hybridized carbons (Fsp3) is 0.300. The molecule has 4 heteroatoms. The topological polar surface area (TPSA) is 41.1 Å². The summed E-state index contributed by atoms with van der Waals surface area (Å²) in [6, 6.07) is 5.68. The number of amides is 2. The first kappa shape index (κ1) is 10.5. The number of benzene rings is 1. The zero-order chi connectivity index (χ0) is 10.6. The van der Waals surface area contributed by atoms with E-state index in [2.05, 4.69) is 10.6 Å². The number of rotatable bonds is 2. The molecule has 3 nitrogen and oxygen atoms in total. The summed E-state index contributed by atoms with van der Waals surface area (Å²) < 4.78 is 12.8. The highest BCUT2D eigenvalue weighted by Gasteiger charge is 2.07. The van der Waals surface area contributed by atoms with Crippen molar-refractivity contribution in [3.8, 4) is 0 Å². The Bertz CT molecular complexity index is 328. The van der Waals surface area contributed by atoms with Gasteiger partial charge in [-0.3, -0.25) is 0 Å². The van der Waals surface area contributed by atoms with Crippen LogP contribution in [-0.4, -0.2) is 13.1 Å². The van der Waals surface area contributed by atoms with Gasteiger partial charge < -0.3 is 10.6 Å². The zero-order valence-corrected chi connectivity index (χ0v) is 8.17. The standard InChI is InChI=1S/C10H13FN2O/c1-7(13-10(14)12-2)8-4-3-5-9(11)6-8/h3-7H,1-2H3,(H2,12,13,14). The first-order valence-electron chi connectivity index (χ1n) is 4.37. The van der Waals surface area contributed by atoms with Crippen LogP contribution in [0.2, 0.25) is 0 Å². The van der Waals surface area contributed by atoms with Gasteiger partial charge in [0.15, 0.2) is 0 Å². The second kappa shape index (κ2) is 4.60. The molecule has 0 spiro atoms. The van der Waals surface area contributed by atoms with Gasteiger partial charge in [-0.1, -0.05) is 12.1 Å². The summed E-state index contributed by atoms with van der Waals surface area (Å²) in [5.41, 5.74) is 0.744. The molecule has 1 rings (SSSR count). The average molecular weight is 196 g/mol. The molecule has 0 radical (unpaired) electrons. The molecule has 0 aliphatic rings. The van der Waals surface area contributed by atoms with Crippen LogP contribution in [0.25, 0.3) is 0 Å². The highest BCUT2D eigenvalue weighted by Crippen LogP contribution is 2.12. The van der Waals surface area contributed by atoms with Gasteiger partial charge in [0.1, 0.15) is 5.82 Å². The third kappa shape index (κ3) is 2.73. The smallest absolute Gasteiger partial charge is 0.315 e. The minimum Gasteiger partial charge on any atom is -0.341 e. The first-order valence-corrected chi connectivity index (χ1v) is 4.37. The molecule has 0 aliphatic carbocycles. The SMILES string of the molecule is CNC(=O)NC(C)c1cccc(F)c1. The number of hydrogen-bond donors (Lipinski definition) is 2. The minimum absolute atomic E-state index is 0.203. The van der Waals surface area contributed by atoms with Gasteiger partial charge in [0.05, 0.1) is 6.04 Å². The molecule has 1 atom stereocenters. The third-order valence-electron chi connectivity index (χ3n) is 1.92. The van der Waals surface area contributed by atoms with Gasteiger partial charge in [-0.15, -0.1) is 0 Å². The molecule has 0 heterocycles. The van der Waals surface area contributed by atoms with Gasteiger partial charge >= 0.3 is 6.03 Å². The van der Waals surface area contributed by atoms with E-state index in [9.17, 15) is 9.18 Å². The van der Waals surface area contributed by atoms with E-state index in [-0.39, 0.29) is 17.9 Å². The Balaban J connectivity index is 2.69. The zero-order valence-electron chi connectivity index (χ0n) is 8.17. The Morgan fingerprint density at radius 1 is 1.50 bits per heavy atom. The van der Waals surface area contributed by atoms with Crippen molar-refractivity contribution in [3.05, 3.63) is 35.6 Å². The summed E-state index contributed by atoms with van der Waals surface area (Å²) in [6.07, 6.45) is 0. The molecule has 0 saturated heterocycles. The lowest BCUT2D eigenvalue weighted by Crippen LogP contribution is -2.34. The van der Waals surface area contributed by atoms with Crippen LogP contribution in [0.1, 0.15) is 18.5 Å². The van der Waals surface area contributed by atoms with E-state index in [1.54, 1.807) is 19.1 Å². The lowest BCUT2D eigenvalue weighted by atomic mass is 10.1. The number of nitrogens with one attached hydrogen (secondary N) is 2. The summed E-state index contributed by atoms with van der Waals surface area (Å²) in [7, 11) is 1.54. The maximum Gasteiger partial charge on any atom is 0.315 e. The van der Waals surface area contributed by atoms with E-state index in [1.807, 2.05) is 0 Å². The molecule has 0 aliphatic heterocycles. The van der Waals surface area contributed by atoms with Crippen molar-refractivity contribution in [1.29, 1.82) is 0 Å². The van der Waals surface area contributed by atoms with Crippen LogP contribution in [0, 0.1) is 5.82 Å². The molecule has 1 aromatic rings. The first-order chi connectivity index (χ1) is 6.63. The molecule has 76 valence electrons. The monoisotopic (exact) mass is 196 g/mol. The van der Waals surface area contributed by atoms with E-state index in [0.717, 1.165) is 5.56 Å². The van der Waals surface area contributed by atoms with Gasteiger partial charge in [-0.2, -0.15) is 0 Å². The number of carbonyl (C=O) groups is 1.